The summed E-state index contributed by atoms with van der Waals surface area (Å²) >= 11 is 0. The average Bonchev–Trinajstić information content (AvgIpc) is 2.53. The predicted octanol–water partition coefficient (Wildman–Crippen LogP) is 3.53. The van der Waals surface area contributed by atoms with Gasteiger partial charge >= 0.3 is 6.36 Å². The van der Waals surface area contributed by atoms with E-state index in [-0.39, 0.29) is 17.6 Å². The fraction of sp³-hybridized carbons (Fsp3) is 0.632. The first kappa shape index (κ1) is 19.0. The summed E-state index contributed by atoms with van der Waals surface area (Å²) in [5.41, 5.74) is 0.278. The Hall–Kier alpha value is -1.76. The van der Waals surface area contributed by atoms with E-state index in [4.69, 9.17) is 0 Å². The molecule has 1 saturated heterocycles. The second-order valence-corrected chi connectivity index (χ2v) is 7.77. The Balaban J connectivity index is 1.45. The molecule has 3 rings (SSSR count). The Kier molecular flexibility index (Phi) is 5.19. The zero-order valence-electron chi connectivity index (χ0n) is 14.8. The molecule has 2 fully saturated rings. The summed E-state index contributed by atoms with van der Waals surface area (Å²) in [5.74, 6) is 0.294. The summed E-state index contributed by atoms with van der Waals surface area (Å²) in [7, 11) is 0. The molecule has 1 aliphatic carbocycles. The van der Waals surface area contributed by atoms with E-state index in [2.05, 4.69) is 4.74 Å². The number of nitrogens with zero attached hydrogens (tertiary/aromatic N) is 1. The number of carbonyl (C=O) groups excluding carboxylic acids is 1. The third kappa shape index (κ3) is 4.90. The fourth-order valence-corrected chi connectivity index (χ4v) is 3.95. The molecule has 0 bridgehead atoms. The quantitative estimate of drug-likeness (QED) is 0.881. The van der Waals surface area contributed by atoms with Gasteiger partial charge in [-0.15, -0.1) is 13.2 Å². The molecule has 4 nitrogen and oxygen atoms in total. The molecule has 1 heterocycles. The van der Waals surface area contributed by atoms with Crippen LogP contribution in [0.25, 0.3) is 0 Å². The van der Waals surface area contributed by atoms with Gasteiger partial charge in [0.15, 0.2) is 0 Å². The zero-order chi connectivity index (χ0) is 18.9. The van der Waals surface area contributed by atoms with Crippen LogP contribution in [0.1, 0.15) is 38.2 Å². The van der Waals surface area contributed by atoms with E-state index in [0.29, 0.717) is 31.8 Å². The molecule has 1 aromatic carbocycles. The van der Waals surface area contributed by atoms with Crippen LogP contribution in [0.5, 0.6) is 5.75 Å². The molecule has 26 heavy (non-hydrogen) atoms. The van der Waals surface area contributed by atoms with Gasteiger partial charge in [0.1, 0.15) is 5.75 Å². The first-order valence-electron chi connectivity index (χ1n) is 8.97. The van der Waals surface area contributed by atoms with Crippen LogP contribution in [0.2, 0.25) is 0 Å². The van der Waals surface area contributed by atoms with Crippen molar-refractivity contribution in [2.45, 2.75) is 51.0 Å². The Morgan fingerprint density at radius 3 is 2.31 bits per heavy atom. The Labute approximate surface area is 150 Å². The molecule has 7 heteroatoms. The first-order valence-corrected chi connectivity index (χ1v) is 8.97. The van der Waals surface area contributed by atoms with Crippen molar-refractivity contribution in [1.82, 2.24) is 4.90 Å². The third-order valence-corrected chi connectivity index (χ3v) is 5.33. The molecule has 1 N–H and O–H groups in total. The van der Waals surface area contributed by atoms with Crippen LogP contribution in [0.15, 0.2) is 24.3 Å². The maximum Gasteiger partial charge on any atom is 0.573 e. The molecule has 144 valence electrons. The lowest BCUT2D eigenvalue weighted by molar-refractivity contribution is -0.274. The standard InChI is InChI=1S/C19H24F3NO3/c1-18(25)11-15(12-18)17(24)23-8-6-14(7-9-23)10-13-2-4-16(5-3-13)26-19(20,21)22/h2-5,14-15,25H,6-12H2,1H3. The number of likely N-dealkylation sites (tertiary alicyclic amines) is 1. The van der Waals surface area contributed by atoms with Crippen LogP contribution >= 0.6 is 0 Å². The van der Waals surface area contributed by atoms with Crippen LogP contribution in [0, 0.1) is 11.8 Å². The Morgan fingerprint density at radius 1 is 1.23 bits per heavy atom. The van der Waals surface area contributed by atoms with E-state index in [1.165, 1.54) is 12.1 Å². The number of alkyl halides is 3. The van der Waals surface area contributed by atoms with Gasteiger partial charge in [-0.3, -0.25) is 4.79 Å². The Morgan fingerprint density at radius 2 is 1.81 bits per heavy atom. The van der Waals surface area contributed by atoms with Gasteiger partial charge < -0.3 is 14.7 Å². The smallest absolute Gasteiger partial charge is 0.406 e. The van der Waals surface area contributed by atoms with Crippen molar-refractivity contribution in [2.75, 3.05) is 13.1 Å². The highest BCUT2D eigenvalue weighted by molar-refractivity contribution is 5.80. The highest BCUT2D eigenvalue weighted by Crippen LogP contribution is 2.39. The minimum absolute atomic E-state index is 0.0530. The predicted molar refractivity (Wildman–Crippen MR) is 89.5 cm³/mol. The summed E-state index contributed by atoms with van der Waals surface area (Å²) in [6.45, 7) is 3.17. The normalized spacial score (nSPS) is 27.1. The summed E-state index contributed by atoms with van der Waals surface area (Å²) < 4.78 is 40.4. The monoisotopic (exact) mass is 371 g/mol. The van der Waals surface area contributed by atoms with Crippen molar-refractivity contribution in [2.24, 2.45) is 11.8 Å². The SMILES string of the molecule is CC1(O)CC(C(=O)N2CCC(Cc3ccc(OC(F)(F)F)cc3)CC2)C1. The number of aliphatic hydroxyl groups is 1. The molecule has 1 aliphatic heterocycles. The third-order valence-electron chi connectivity index (χ3n) is 5.33. The number of halogens is 3. The number of amides is 1. The van der Waals surface area contributed by atoms with Gasteiger partial charge in [-0.2, -0.15) is 0 Å². The molecule has 0 unspecified atom stereocenters. The van der Waals surface area contributed by atoms with Crippen molar-refractivity contribution in [1.29, 1.82) is 0 Å². The molecule has 1 aromatic rings. The van der Waals surface area contributed by atoms with Gasteiger partial charge in [0.25, 0.3) is 0 Å². The van der Waals surface area contributed by atoms with E-state index < -0.39 is 12.0 Å². The number of piperidine rings is 1. The molecule has 1 amide bonds. The first-order chi connectivity index (χ1) is 12.1. The fourth-order valence-electron chi connectivity index (χ4n) is 3.95. The summed E-state index contributed by atoms with van der Waals surface area (Å²) in [6, 6.07) is 6.00. The zero-order valence-corrected chi connectivity index (χ0v) is 14.8. The Bertz CT molecular complexity index is 626. The topological polar surface area (TPSA) is 49.8 Å². The molecule has 0 atom stereocenters. The van der Waals surface area contributed by atoms with Gasteiger partial charge in [0.05, 0.1) is 5.60 Å². The van der Waals surface area contributed by atoms with Gasteiger partial charge in [-0.05, 0) is 62.6 Å². The maximum atomic E-state index is 12.4. The molecule has 0 aromatic heterocycles. The van der Waals surface area contributed by atoms with Crippen molar-refractivity contribution in [3.63, 3.8) is 0 Å². The highest BCUT2D eigenvalue weighted by atomic mass is 19.4. The van der Waals surface area contributed by atoms with Gasteiger partial charge in [-0.25, -0.2) is 0 Å². The minimum atomic E-state index is -4.67. The molecular formula is C19H24F3NO3. The molecule has 0 radical (unpaired) electrons. The summed E-state index contributed by atoms with van der Waals surface area (Å²) in [6.07, 6.45) is -1.04. The van der Waals surface area contributed by atoms with Gasteiger partial charge in [-0.1, -0.05) is 12.1 Å². The minimum Gasteiger partial charge on any atom is -0.406 e. The lowest BCUT2D eigenvalue weighted by Gasteiger charge is -2.43. The second-order valence-electron chi connectivity index (χ2n) is 7.77. The number of carbonyl (C=O) groups is 1. The van der Waals surface area contributed by atoms with E-state index in [1.54, 1.807) is 19.1 Å². The lowest BCUT2D eigenvalue weighted by Crippen LogP contribution is -2.51. The van der Waals surface area contributed by atoms with Gasteiger partial charge in [0.2, 0.25) is 5.91 Å². The molecule has 1 saturated carbocycles. The summed E-state index contributed by atoms with van der Waals surface area (Å²) in [4.78, 5) is 14.3. The molecule has 2 aliphatic rings. The largest absolute Gasteiger partial charge is 0.573 e. The van der Waals surface area contributed by atoms with E-state index >= 15 is 0 Å². The van der Waals surface area contributed by atoms with Crippen molar-refractivity contribution in [3.8, 4) is 5.75 Å². The van der Waals surface area contributed by atoms with Gasteiger partial charge in [0, 0.05) is 19.0 Å². The van der Waals surface area contributed by atoms with Crippen LogP contribution < -0.4 is 4.74 Å². The molecule has 0 spiro atoms. The van der Waals surface area contributed by atoms with E-state index in [1.807, 2.05) is 4.90 Å². The number of ether oxygens (including phenoxy) is 1. The van der Waals surface area contributed by atoms with Crippen molar-refractivity contribution >= 4 is 5.91 Å². The number of hydrogen-bond acceptors (Lipinski definition) is 3. The van der Waals surface area contributed by atoms with E-state index in [0.717, 1.165) is 24.8 Å². The maximum absolute atomic E-state index is 12.4. The highest BCUT2D eigenvalue weighted by Gasteiger charge is 2.44. The van der Waals surface area contributed by atoms with Crippen LogP contribution in [-0.4, -0.2) is 41.0 Å². The van der Waals surface area contributed by atoms with Crippen LogP contribution in [0.3, 0.4) is 0 Å². The van der Waals surface area contributed by atoms with Crippen LogP contribution in [-0.2, 0) is 11.2 Å². The van der Waals surface area contributed by atoms with Crippen LogP contribution in [0.4, 0.5) is 13.2 Å². The number of benzene rings is 1. The van der Waals surface area contributed by atoms with E-state index in [9.17, 15) is 23.1 Å². The average molecular weight is 371 g/mol. The lowest BCUT2D eigenvalue weighted by atomic mass is 9.71. The molecular weight excluding hydrogens is 347 g/mol. The second kappa shape index (κ2) is 7.10. The number of hydrogen-bond donors (Lipinski definition) is 1. The number of rotatable bonds is 4. The summed E-state index contributed by atoms with van der Waals surface area (Å²) in [5, 5.41) is 9.78. The van der Waals surface area contributed by atoms with Crippen molar-refractivity contribution < 1.29 is 27.8 Å². The van der Waals surface area contributed by atoms with Crippen molar-refractivity contribution in [3.05, 3.63) is 29.8 Å².